The molecule has 0 bridgehead atoms. The SMILES string of the molecule is O=C(CSc1ccccc1)Nc1ccc(Cc2ccc(NC(=O)CSc3ccccc3)cc2)cc1. The Bertz CT molecular complexity index is 1130. The number of carbonyl (C=O) groups excluding carboxylic acids is 2. The molecule has 2 amide bonds. The van der Waals surface area contributed by atoms with Crippen LogP contribution in [-0.2, 0) is 16.0 Å². The summed E-state index contributed by atoms with van der Waals surface area (Å²) in [5.74, 6) is 0.706. The minimum atomic E-state index is -0.0218. The Balaban J connectivity index is 1.21. The van der Waals surface area contributed by atoms with Crippen LogP contribution in [0.3, 0.4) is 0 Å². The van der Waals surface area contributed by atoms with Crippen molar-refractivity contribution in [1.82, 2.24) is 0 Å². The molecule has 4 aromatic carbocycles. The average molecular weight is 499 g/mol. The van der Waals surface area contributed by atoms with Gasteiger partial charge >= 0.3 is 0 Å². The first-order chi connectivity index (χ1) is 17.1. The Kier molecular flexibility index (Phi) is 9.04. The fourth-order valence-electron chi connectivity index (χ4n) is 3.37. The molecule has 4 rings (SSSR count). The lowest BCUT2D eigenvalue weighted by molar-refractivity contribution is -0.114. The number of carbonyl (C=O) groups is 2. The highest BCUT2D eigenvalue weighted by atomic mass is 32.2. The van der Waals surface area contributed by atoms with E-state index in [1.165, 1.54) is 23.5 Å². The summed E-state index contributed by atoms with van der Waals surface area (Å²) in [6.07, 6.45) is 0.774. The summed E-state index contributed by atoms with van der Waals surface area (Å²) in [5.41, 5.74) is 3.88. The lowest BCUT2D eigenvalue weighted by Gasteiger charge is -2.08. The molecule has 0 aliphatic rings. The maximum Gasteiger partial charge on any atom is 0.234 e. The second-order valence-corrected chi connectivity index (χ2v) is 9.97. The van der Waals surface area contributed by atoms with Crippen LogP contribution in [0.2, 0.25) is 0 Å². The largest absolute Gasteiger partial charge is 0.325 e. The van der Waals surface area contributed by atoms with Crippen LogP contribution in [0.25, 0.3) is 0 Å². The van der Waals surface area contributed by atoms with Crippen LogP contribution in [0.5, 0.6) is 0 Å². The summed E-state index contributed by atoms with van der Waals surface area (Å²) in [6.45, 7) is 0. The Labute approximate surface area is 214 Å². The van der Waals surface area contributed by atoms with E-state index < -0.39 is 0 Å². The number of benzene rings is 4. The lowest BCUT2D eigenvalue weighted by Crippen LogP contribution is -2.14. The molecule has 0 atom stereocenters. The number of rotatable bonds is 10. The summed E-state index contributed by atoms with van der Waals surface area (Å²) in [7, 11) is 0. The molecule has 0 radical (unpaired) electrons. The molecule has 0 fully saturated rings. The molecule has 0 spiro atoms. The van der Waals surface area contributed by atoms with Crippen molar-refractivity contribution in [2.75, 3.05) is 22.1 Å². The smallest absolute Gasteiger partial charge is 0.234 e. The van der Waals surface area contributed by atoms with Gasteiger partial charge in [-0.1, -0.05) is 60.7 Å². The highest BCUT2D eigenvalue weighted by Gasteiger charge is 2.06. The maximum absolute atomic E-state index is 12.2. The standard InChI is InChI=1S/C29H26N2O2S2/c32-28(20-34-26-7-3-1-4-8-26)30-24-15-11-22(12-16-24)19-23-13-17-25(18-14-23)31-29(33)21-35-27-9-5-2-6-10-27/h1-18H,19-21H2,(H,30,32)(H,31,33). The first-order valence-corrected chi connectivity index (χ1v) is 13.2. The van der Waals surface area contributed by atoms with E-state index in [1.54, 1.807) is 0 Å². The van der Waals surface area contributed by atoms with Crippen LogP contribution in [0, 0.1) is 0 Å². The van der Waals surface area contributed by atoms with E-state index in [9.17, 15) is 9.59 Å². The van der Waals surface area contributed by atoms with Crippen molar-refractivity contribution in [2.45, 2.75) is 16.2 Å². The normalized spacial score (nSPS) is 10.5. The molecule has 0 heterocycles. The second-order valence-electron chi connectivity index (χ2n) is 7.87. The Morgan fingerprint density at radius 2 is 0.886 bits per heavy atom. The molecule has 0 saturated heterocycles. The van der Waals surface area contributed by atoms with Crippen molar-refractivity contribution in [3.63, 3.8) is 0 Å². The molecule has 4 nitrogen and oxygen atoms in total. The Morgan fingerprint density at radius 1 is 0.514 bits per heavy atom. The zero-order valence-corrected chi connectivity index (χ0v) is 20.8. The van der Waals surface area contributed by atoms with E-state index >= 15 is 0 Å². The van der Waals surface area contributed by atoms with E-state index in [-0.39, 0.29) is 11.8 Å². The van der Waals surface area contributed by atoms with Gasteiger partial charge in [0.25, 0.3) is 0 Å². The molecule has 0 aliphatic carbocycles. The number of hydrogen-bond acceptors (Lipinski definition) is 4. The number of anilines is 2. The molecule has 0 aromatic heterocycles. The predicted molar refractivity (Wildman–Crippen MR) is 147 cm³/mol. The van der Waals surface area contributed by atoms with Crippen LogP contribution in [-0.4, -0.2) is 23.3 Å². The van der Waals surface area contributed by atoms with Crippen LogP contribution in [0.1, 0.15) is 11.1 Å². The number of thioether (sulfide) groups is 2. The zero-order valence-electron chi connectivity index (χ0n) is 19.1. The molecule has 35 heavy (non-hydrogen) atoms. The summed E-state index contributed by atoms with van der Waals surface area (Å²) < 4.78 is 0. The summed E-state index contributed by atoms with van der Waals surface area (Å²) in [4.78, 5) is 26.6. The molecule has 0 unspecified atom stereocenters. The number of hydrogen-bond donors (Lipinski definition) is 2. The van der Waals surface area contributed by atoms with E-state index in [2.05, 4.69) is 10.6 Å². The van der Waals surface area contributed by atoms with Gasteiger partial charge in [0, 0.05) is 21.2 Å². The third-order valence-electron chi connectivity index (χ3n) is 5.11. The van der Waals surface area contributed by atoms with Crippen molar-refractivity contribution in [2.24, 2.45) is 0 Å². The van der Waals surface area contributed by atoms with Gasteiger partial charge in [-0.2, -0.15) is 0 Å². The summed E-state index contributed by atoms with van der Waals surface area (Å²) >= 11 is 3.04. The first-order valence-electron chi connectivity index (χ1n) is 11.3. The Hall–Kier alpha value is -3.48. The topological polar surface area (TPSA) is 58.2 Å². The third-order valence-corrected chi connectivity index (χ3v) is 7.13. The highest BCUT2D eigenvalue weighted by molar-refractivity contribution is 8.00. The highest BCUT2D eigenvalue weighted by Crippen LogP contribution is 2.20. The molecule has 0 aliphatic heterocycles. The fraction of sp³-hybridized carbons (Fsp3) is 0.103. The van der Waals surface area contributed by atoms with Crippen molar-refractivity contribution in [3.05, 3.63) is 120 Å². The third kappa shape index (κ3) is 8.35. The molecule has 6 heteroatoms. The predicted octanol–water partition coefficient (Wildman–Crippen LogP) is 6.74. The average Bonchev–Trinajstić information content (AvgIpc) is 2.90. The zero-order chi connectivity index (χ0) is 24.3. The van der Waals surface area contributed by atoms with E-state index in [4.69, 9.17) is 0 Å². The fourth-order valence-corrected chi connectivity index (χ4v) is 4.81. The van der Waals surface area contributed by atoms with Gasteiger partial charge in [-0.15, -0.1) is 23.5 Å². The maximum atomic E-state index is 12.2. The van der Waals surface area contributed by atoms with Crippen molar-refractivity contribution < 1.29 is 9.59 Å². The van der Waals surface area contributed by atoms with Crippen LogP contribution in [0.15, 0.2) is 119 Å². The number of amides is 2. The molecular weight excluding hydrogens is 472 g/mol. The summed E-state index contributed by atoms with van der Waals surface area (Å²) in [6, 6.07) is 35.6. The monoisotopic (exact) mass is 498 g/mol. The molecule has 2 N–H and O–H groups in total. The first kappa shape index (κ1) is 24.6. The van der Waals surface area contributed by atoms with Gasteiger partial charge in [0.1, 0.15) is 0 Å². The number of nitrogens with one attached hydrogen (secondary N) is 2. The van der Waals surface area contributed by atoms with Crippen LogP contribution >= 0.6 is 23.5 Å². The molecule has 176 valence electrons. The Morgan fingerprint density at radius 3 is 1.26 bits per heavy atom. The van der Waals surface area contributed by atoms with Crippen molar-refractivity contribution >= 4 is 46.7 Å². The van der Waals surface area contributed by atoms with E-state index in [1.807, 2.05) is 109 Å². The quantitative estimate of drug-likeness (QED) is 0.238. The summed E-state index contributed by atoms with van der Waals surface area (Å²) in [5, 5.41) is 5.90. The van der Waals surface area contributed by atoms with Gasteiger partial charge in [0.05, 0.1) is 11.5 Å². The van der Waals surface area contributed by atoms with E-state index in [0.717, 1.165) is 38.7 Å². The van der Waals surface area contributed by atoms with Crippen molar-refractivity contribution in [1.29, 1.82) is 0 Å². The lowest BCUT2D eigenvalue weighted by atomic mass is 10.0. The van der Waals surface area contributed by atoms with Gasteiger partial charge in [-0.25, -0.2) is 0 Å². The minimum absolute atomic E-state index is 0.0218. The van der Waals surface area contributed by atoms with Crippen LogP contribution < -0.4 is 10.6 Å². The molecule has 4 aromatic rings. The van der Waals surface area contributed by atoms with E-state index in [0.29, 0.717) is 11.5 Å². The van der Waals surface area contributed by atoms with Gasteiger partial charge in [0.15, 0.2) is 0 Å². The minimum Gasteiger partial charge on any atom is -0.325 e. The van der Waals surface area contributed by atoms with Gasteiger partial charge < -0.3 is 10.6 Å². The van der Waals surface area contributed by atoms with Gasteiger partial charge in [-0.05, 0) is 66.1 Å². The molecule has 0 saturated carbocycles. The van der Waals surface area contributed by atoms with Gasteiger partial charge in [-0.3, -0.25) is 9.59 Å². The second kappa shape index (κ2) is 12.8. The van der Waals surface area contributed by atoms with Crippen LogP contribution in [0.4, 0.5) is 11.4 Å². The van der Waals surface area contributed by atoms with Crippen molar-refractivity contribution in [3.8, 4) is 0 Å². The van der Waals surface area contributed by atoms with Gasteiger partial charge in [0.2, 0.25) is 11.8 Å². The molecular formula is C29H26N2O2S2.